The normalized spacial score (nSPS) is 12.6. The number of nitrogens with one attached hydrogen (secondary N) is 2. The number of primary amides is 1. The van der Waals surface area contributed by atoms with Gasteiger partial charge in [-0.2, -0.15) is 0 Å². The summed E-state index contributed by atoms with van der Waals surface area (Å²) in [4.78, 5) is 64.5. The summed E-state index contributed by atoms with van der Waals surface area (Å²) in [5, 5.41) is 4.94. The number of aryl methyl sites for hydroxylation is 1. The molecule has 0 aliphatic heterocycles. The maximum atomic E-state index is 13.8. The van der Waals surface area contributed by atoms with Crippen LogP contribution in [0.5, 0.6) is 0 Å². The number of nitrogens with two attached hydrogens (primary N) is 1. The molecule has 0 radical (unpaired) electrons. The summed E-state index contributed by atoms with van der Waals surface area (Å²) in [5.41, 5.74) is 5.98. The number of hydrogen-bond donors (Lipinski definition) is 3. The van der Waals surface area contributed by atoms with E-state index in [1.807, 2.05) is 13.8 Å². The number of unbranched alkanes of at least 4 members (excludes halogenated alkanes) is 2. The zero-order chi connectivity index (χ0) is 28.2. The van der Waals surface area contributed by atoms with Gasteiger partial charge in [0.05, 0.1) is 13.5 Å². The first kappa shape index (κ1) is 31.4. The van der Waals surface area contributed by atoms with Crippen LogP contribution in [0.3, 0.4) is 0 Å². The second kappa shape index (κ2) is 14.8. The quantitative estimate of drug-likeness (QED) is 0.265. The first-order chi connectivity index (χ1) is 17.3. The standard InChI is InChI=1S/C26H40N4O7/c1-7-8-9-14-30(24(34)19(15-20(27)31)29-25(35)37-26(3,4)5)22(18-12-10-17(2)11-13-18)23(33)28-16-21(32)36-6/h10-13,19,22H,7-9,14-16H2,1-6H3,(H2,27,31)(H,28,33)(H,29,35). The second-order valence-electron chi connectivity index (χ2n) is 9.72. The molecule has 37 heavy (non-hydrogen) atoms. The van der Waals surface area contributed by atoms with E-state index in [1.54, 1.807) is 45.0 Å². The highest BCUT2D eigenvalue weighted by molar-refractivity contribution is 5.95. The number of carbonyl (C=O) groups excluding carboxylic acids is 5. The van der Waals surface area contributed by atoms with E-state index in [9.17, 15) is 24.0 Å². The lowest BCUT2D eigenvalue weighted by Gasteiger charge is -2.34. The molecule has 0 saturated carbocycles. The molecule has 0 aliphatic rings. The monoisotopic (exact) mass is 520 g/mol. The Morgan fingerprint density at radius 1 is 1.05 bits per heavy atom. The van der Waals surface area contributed by atoms with E-state index in [0.29, 0.717) is 12.0 Å². The Labute approximate surface area is 218 Å². The lowest BCUT2D eigenvalue weighted by Crippen LogP contribution is -2.54. The van der Waals surface area contributed by atoms with Crippen molar-refractivity contribution in [2.24, 2.45) is 5.73 Å². The number of alkyl carbamates (subject to hydrolysis) is 1. The smallest absolute Gasteiger partial charge is 0.408 e. The Morgan fingerprint density at radius 3 is 2.19 bits per heavy atom. The van der Waals surface area contributed by atoms with Gasteiger partial charge in [-0.3, -0.25) is 19.2 Å². The van der Waals surface area contributed by atoms with E-state index in [1.165, 1.54) is 12.0 Å². The van der Waals surface area contributed by atoms with Crippen LogP contribution in [0.25, 0.3) is 0 Å². The van der Waals surface area contributed by atoms with Crippen molar-refractivity contribution < 1.29 is 33.4 Å². The summed E-state index contributed by atoms with van der Waals surface area (Å²) in [5.74, 6) is -2.77. The zero-order valence-corrected chi connectivity index (χ0v) is 22.6. The van der Waals surface area contributed by atoms with Gasteiger partial charge in [-0.05, 0) is 39.7 Å². The van der Waals surface area contributed by atoms with Crippen molar-refractivity contribution in [1.29, 1.82) is 0 Å². The van der Waals surface area contributed by atoms with E-state index in [-0.39, 0.29) is 6.54 Å². The van der Waals surface area contributed by atoms with Crippen LogP contribution in [0.4, 0.5) is 4.79 Å². The number of nitrogens with zero attached hydrogens (tertiary/aromatic N) is 1. The van der Waals surface area contributed by atoms with Gasteiger partial charge in [0.25, 0.3) is 0 Å². The van der Waals surface area contributed by atoms with E-state index in [2.05, 4.69) is 15.4 Å². The van der Waals surface area contributed by atoms with Crippen molar-refractivity contribution in [2.75, 3.05) is 20.2 Å². The molecule has 11 nitrogen and oxygen atoms in total. The van der Waals surface area contributed by atoms with Crippen LogP contribution in [0.1, 0.15) is 70.5 Å². The maximum Gasteiger partial charge on any atom is 0.408 e. The molecule has 4 N–H and O–H groups in total. The first-order valence-electron chi connectivity index (χ1n) is 12.3. The lowest BCUT2D eigenvalue weighted by atomic mass is 10.00. The highest BCUT2D eigenvalue weighted by Gasteiger charge is 2.36. The molecule has 2 unspecified atom stereocenters. The average molecular weight is 521 g/mol. The number of esters is 1. The molecule has 0 saturated heterocycles. The molecule has 0 heterocycles. The Kier molecular flexibility index (Phi) is 12.6. The summed E-state index contributed by atoms with van der Waals surface area (Å²) in [7, 11) is 1.20. The topological polar surface area (TPSA) is 157 Å². The molecule has 0 aliphatic carbocycles. The summed E-state index contributed by atoms with van der Waals surface area (Å²) in [6.45, 7) is 8.62. The molecule has 0 aromatic heterocycles. The van der Waals surface area contributed by atoms with Gasteiger partial charge in [0.2, 0.25) is 17.7 Å². The van der Waals surface area contributed by atoms with E-state index in [0.717, 1.165) is 18.4 Å². The predicted octanol–water partition coefficient (Wildman–Crippen LogP) is 2.11. The summed E-state index contributed by atoms with van der Waals surface area (Å²) < 4.78 is 9.87. The van der Waals surface area contributed by atoms with Crippen molar-refractivity contribution in [3.8, 4) is 0 Å². The maximum absolute atomic E-state index is 13.8. The molecule has 1 rings (SSSR count). The Hall–Kier alpha value is -3.63. The third kappa shape index (κ3) is 11.3. The number of methoxy groups -OCH3 is 1. The van der Waals surface area contributed by atoms with Crippen LogP contribution in [-0.4, -0.2) is 66.5 Å². The molecule has 206 valence electrons. The highest BCUT2D eigenvalue weighted by atomic mass is 16.6. The van der Waals surface area contributed by atoms with Crippen molar-refractivity contribution in [3.63, 3.8) is 0 Å². The largest absolute Gasteiger partial charge is 0.468 e. The molecule has 4 amide bonds. The fourth-order valence-corrected chi connectivity index (χ4v) is 3.50. The molecular formula is C26H40N4O7. The van der Waals surface area contributed by atoms with Crippen molar-refractivity contribution in [1.82, 2.24) is 15.5 Å². The number of hydrogen-bond acceptors (Lipinski definition) is 7. The number of benzene rings is 1. The minimum absolute atomic E-state index is 0.155. The van der Waals surface area contributed by atoms with Crippen LogP contribution >= 0.6 is 0 Å². The lowest BCUT2D eigenvalue weighted by molar-refractivity contribution is -0.145. The Balaban J connectivity index is 3.47. The number of amides is 4. The van der Waals surface area contributed by atoms with Crippen LogP contribution in [0, 0.1) is 6.92 Å². The minimum atomic E-state index is -1.37. The number of rotatable bonds is 13. The third-order valence-electron chi connectivity index (χ3n) is 5.27. The molecule has 11 heteroatoms. The zero-order valence-electron chi connectivity index (χ0n) is 22.6. The van der Waals surface area contributed by atoms with Gasteiger partial charge < -0.3 is 30.7 Å². The fourth-order valence-electron chi connectivity index (χ4n) is 3.50. The molecule has 0 spiro atoms. The molecule has 1 aromatic rings. The summed E-state index contributed by atoms with van der Waals surface area (Å²) >= 11 is 0. The van der Waals surface area contributed by atoms with Gasteiger partial charge in [-0.25, -0.2) is 4.79 Å². The van der Waals surface area contributed by atoms with Crippen molar-refractivity contribution in [3.05, 3.63) is 35.4 Å². The molecule has 0 fully saturated rings. The van der Waals surface area contributed by atoms with Crippen molar-refractivity contribution >= 4 is 29.8 Å². The minimum Gasteiger partial charge on any atom is -0.468 e. The van der Waals surface area contributed by atoms with Crippen LogP contribution < -0.4 is 16.4 Å². The highest BCUT2D eigenvalue weighted by Crippen LogP contribution is 2.24. The Bertz CT molecular complexity index is 941. The van der Waals surface area contributed by atoms with Crippen LogP contribution in [-0.2, 0) is 28.7 Å². The summed E-state index contributed by atoms with van der Waals surface area (Å²) in [6, 6.07) is 4.50. The van der Waals surface area contributed by atoms with E-state index >= 15 is 0 Å². The van der Waals surface area contributed by atoms with Gasteiger partial charge in [0.15, 0.2) is 0 Å². The summed E-state index contributed by atoms with van der Waals surface area (Å²) in [6.07, 6.45) is 0.792. The molecule has 2 atom stereocenters. The molecule has 1 aromatic carbocycles. The van der Waals surface area contributed by atoms with Crippen LogP contribution in [0.15, 0.2) is 24.3 Å². The van der Waals surface area contributed by atoms with Gasteiger partial charge in [0, 0.05) is 6.54 Å². The van der Waals surface area contributed by atoms with Crippen LogP contribution in [0.2, 0.25) is 0 Å². The van der Waals surface area contributed by atoms with Gasteiger partial charge in [-0.1, -0.05) is 49.6 Å². The predicted molar refractivity (Wildman–Crippen MR) is 137 cm³/mol. The second-order valence-corrected chi connectivity index (χ2v) is 9.72. The van der Waals surface area contributed by atoms with Gasteiger partial charge in [-0.15, -0.1) is 0 Å². The van der Waals surface area contributed by atoms with Crippen molar-refractivity contribution in [2.45, 2.75) is 78.0 Å². The Morgan fingerprint density at radius 2 is 1.68 bits per heavy atom. The first-order valence-corrected chi connectivity index (χ1v) is 12.3. The van der Waals surface area contributed by atoms with E-state index in [4.69, 9.17) is 10.5 Å². The van der Waals surface area contributed by atoms with E-state index < -0.39 is 60.4 Å². The number of ether oxygens (including phenoxy) is 2. The third-order valence-corrected chi connectivity index (χ3v) is 5.27. The van der Waals surface area contributed by atoms with Gasteiger partial charge >= 0.3 is 12.1 Å². The molecule has 0 bridgehead atoms. The SMILES string of the molecule is CCCCCN(C(=O)C(CC(N)=O)NC(=O)OC(C)(C)C)C(C(=O)NCC(=O)OC)c1ccc(C)cc1. The van der Waals surface area contributed by atoms with Gasteiger partial charge in [0.1, 0.15) is 24.2 Å². The molecular weight excluding hydrogens is 480 g/mol. The average Bonchev–Trinajstić information content (AvgIpc) is 2.80. The fraction of sp³-hybridized carbons (Fsp3) is 0.577. The number of carbonyl (C=O) groups is 5.